The van der Waals surface area contributed by atoms with Crippen molar-refractivity contribution in [2.45, 2.75) is 20.3 Å². The maximum atomic E-state index is 11.4. The van der Waals surface area contributed by atoms with Crippen LogP contribution in [0, 0.1) is 11.3 Å². The second kappa shape index (κ2) is 7.93. The molecule has 0 aliphatic carbocycles. The lowest BCUT2D eigenvalue weighted by molar-refractivity contribution is 0.101. The lowest BCUT2D eigenvalue weighted by Crippen LogP contribution is -2.31. The number of nitrogens with zero attached hydrogens (tertiary/aromatic N) is 3. The molecule has 0 radical (unpaired) electrons. The summed E-state index contributed by atoms with van der Waals surface area (Å²) in [5.41, 5.74) is 8.71. The number of nitriles is 1. The van der Waals surface area contributed by atoms with Crippen molar-refractivity contribution in [1.29, 1.82) is 5.26 Å². The van der Waals surface area contributed by atoms with E-state index in [1.54, 1.807) is 6.92 Å². The fraction of sp³-hybridized carbons (Fsp3) is 0.389. The molecule has 1 saturated heterocycles. The monoisotopic (exact) mass is 342 g/mol. The molecule has 2 N–H and O–H groups in total. The quantitative estimate of drug-likeness (QED) is 0.392. The number of rotatable bonds is 4. The van der Waals surface area contributed by atoms with Crippen molar-refractivity contribution in [3.05, 3.63) is 41.1 Å². The van der Waals surface area contributed by atoms with Gasteiger partial charge in [0.2, 0.25) is 0 Å². The van der Waals surface area contributed by atoms with E-state index in [1.165, 1.54) is 0 Å². The Balaban J connectivity index is 2.11. The van der Waals surface area contributed by atoms with Crippen molar-refractivity contribution < 1.29 is 4.79 Å². The number of allylic oxidation sites excluding steroid dienone is 1. The van der Waals surface area contributed by atoms with Gasteiger partial charge < -0.3 is 15.5 Å². The first-order chi connectivity index (χ1) is 11.4. The van der Waals surface area contributed by atoms with Gasteiger partial charge in [0.25, 0.3) is 0 Å². The van der Waals surface area contributed by atoms with Crippen molar-refractivity contribution in [3.8, 4) is 6.07 Å². The van der Waals surface area contributed by atoms with Gasteiger partial charge in [0.15, 0.2) is 5.78 Å². The van der Waals surface area contributed by atoms with E-state index in [9.17, 15) is 10.1 Å². The van der Waals surface area contributed by atoms with Crippen LogP contribution in [-0.4, -0.2) is 41.9 Å². The summed E-state index contributed by atoms with van der Waals surface area (Å²) in [5, 5.41) is 9.23. The molecule has 0 spiro atoms. The standard InChI is InChI=1S/C18H22N4OS/c1-13(17(12-19)18(20)24)21-8-3-9-22(11-10-21)16-6-4-15(5-7-16)14(2)23/h4-7H,3,8-11H2,1-2H3,(H2,20,24)/b17-13-. The molecule has 1 aromatic carbocycles. The number of nitrogens with two attached hydrogens (primary N) is 1. The highest BCUT2D eigenvalue weighted by Crippen LogP contribution is 2.20. The molecule has 1 heterocycles. The first-order valence-corrected chi connectivity index (χ1v) is 8.36. The second-order valence-corrected chi connectivity index (χ2v) is 6.31. The van der Waals surface area contributed by atoms with Crippen LogP contribution in [0.3, 0.4) is 0 Å². The number of carbonyl (C=O) groups excluding carboxylic acids is 1. The van der Waals surface area contributed by atoms with E-state index in [1.807, 2.05) is 31.2 Å². The molecule has 0 unspecified atom stereocenters. The maximum Gasteiger partial charge on any atom is 0.159 e. The zero-order valence-corrected chi connectivity index (χ0v) is 14.9. The van der Waals surface area contributed by atoms with Gasteiger partial charge in [-0.05, 0) is 44.5 Å². The molecule has 5 nitrogen and oxygen atoms in total. The molecule has 0 amide bonds. The first kappa shape index (κ1) is 18.0. The van der Waals surface area contributed by atoms with Gasteiger partial charge in [0, 0.05) is 43.1 Å². The molecule has 0 atom stereocenters. The molecule has 1 fully saturated rings. The van der Waals surface area contributed by atoms with E-state index in [2.05, 4.69) is 15.9 Å². The van der Waals surface area contributed by atoms with Gasteiger partial charge in [0.05, 0.1) is 0 Å². The summed E-state index contributed by atoms with van der Waals surface area (Å²) in [6.07, 6.45) is 0.974. The highest BCUT2D eigenvalue weighted by molar-refractivity contribution is 7.80. The van der Waals surface area contributed by atoms with E-state index in [4.69, 9.17) is 18.0 Å². The summed E-state index contributed by atoms with van der Waals surface area (Å²) in [4.78, 5) is 16.0. The second-order valence-electron chi connectivity index (χ2n) is 5.87. The number of hydrogen-bond acceptors (Lipinski definition) is 5. The molecule has 24 heavy (non-hydrogen) atoms. The Morgan fingerprint density at radius 3 is 2.38 bits per heavy atom. The van der Waals surface area contributed by atoms with Crippen LogP contribution in [0.15, 0.2) is 35.5 Å². The van der Waals surface area contributed by atoms with Crippen molar-refractivity contribution in [1.82, 2.24) is 4.90 Å². The molecule has 2 rings (SSSR count). The minimum absolute atomic E-state index is 0.0751. The van der Waals surface area contributed by atoms with Crippen LogP contribution >= 0.6 is 12.2 Å². The van der Waals surface area contributed by atoms with Gasteiger partial charge in [-0.2, -0.15) is 5.26 Å². The van der Waals surface area contributed by atoms with Gasteiger partial charge in [-0.25, -0.2) is 0 Å². The predicted molar refractivity (Wildman–Crippen MR) is 99.9 cm³/mol. The third-order valence-corrected chi connectivity index (χ3v) is 4.53. The Morgan fingerprint density at radius 1 is 1.17 bits per heavy atom. The molecule has 1 aromatic rings. The molecule has 1 aliphatic rings. The van der Waals surface area contributed by atoms with E-state index >= 15 is 0 Å². The summed E-state index contributed by atoms with van der Waals surface area (Å²) in [6, 6.07) is 9.82. The fourth-order valence-electron chi connectivity index (χ4n) is 2.89. The number of anilines is 1. The van der Waals surface area contributed by atoms with Crippen LogP contribution in [-0.2, 0) is 0 Å². The number of thiocarbonyl (C=S) groups is 1. The average Bonchev–Trinajstić information content (AvgIpc) is 2.81. The number of ketones is 1. The fourth-order valence-corrected chi connectivity index (χ4v) is 3.08. The summed E-state index contributed by atoms with van der Waals surface area (Å²) < 4.78 is 0. The first-order valence-electron chi connectivity index (χ1n) is 7.95. The Morgan fingerprint density at radius 2 is 1.83 bits per heavy atom. The van der Waals surface area contributed by atoms with E-state index in [0.29, 0.717) is 5.57 Å². The third kappa shape index (κ3) is 4.12. The third-order valence-electron chi connectivity index (χ3n) is 4.33. The summed E-state index contributed by atoms with van der Waals surface area (Å²) >= 11 is 4.96. The topological polar surface area (TPSA) is 73.4 Å². The summed E-state index contributed by atoms with van der Waals surface area (Å²) in [6.45, 7) is 6.90. The van der Waals surface area contributed by atoms with Gasteiger partial charge in [0.1, 0.15) is 16.6 Å². The molecular formula is C18H22N4OS. The van der Waals surface area contributed by atoms with Gasteiger partial charge in [-0.3, -0.25) is 4.79 Å². The van der Waals surface area contributed by atoms with Crippen molar-refractivity contribution >= 4 is 28.7 Å². The average molecular weight is 342 g/mol. The van der Waals surface area contributed by atoms with Crippen LogP contribution in [0.5, 0.6) is 0 Å². The lowest BCUT2D eigenvalue weighted by Gasteiger charge is -2.26. The Kier molecular flexibility index (Phi) is 5.93. The predicted octanol–water partition coefficient (Wildman–Crippen LogP) is 2.48. The Bertz CT molecular complexity index is 703. The molecule has 0 bridgehead atoms. The maximum absolute atomic E-state index is 11.4. The Labute approximate surface area is 148 Å². The minimum atomic E-state index is 0.0751. The van der Waals surface area contributed by atoms with Crippen LogP contribution in [0.2, 0.25) is 0 Å². The highest BCUT2D eigenvalue weighted by atomic mass is 32.1. The summed E-state index contributed by atoms with van der Waals surface area (Å²) in [7, 11) is 0. The Hall–Kier alpha value is -2.39. The van der Waals surface area contributed by atoms with Crippen molar-refractivity contribution in [3.63, 3.8) is 0 Å². The lowest BCUT2D eigenvalue weighted by atomic mass is 10.1. The van der Waals surface area contributed by atoms with Gasteiger partial charge >= 0.3 is 0 Å². The molecule has 0 aromatic heterocycles. The van der Waals surface area contributed by atoms with Crippen LogP contribution in [0.25, 0.3) is 0 Å². The number of benzene rings is 1. The molecule has 1 aliphatic heterocycles. The smallest absolute Gasteiger partial charge is 0.159 e. The zero-order chi connectivity index (χ0) is 17.7. The number of carbonyl (C=O) groups is 1. The van der Waals surface area contributed by atoms with Crippen molar-refractivity contribution in [2.75, 3.05) is 31.1 Å². The van der Waals surface area contributed by atoms with Gasteiger partial charge in [-0.15, -0.1) is 0 Å². The molecule has 126 valence electrons. The SMILES string of the molecule is CC(=O)c1ccc(N2CCCN(/C(C)=C(/C#N)C(N)=S)CC2)cc1. The van der Waals surface area contributed by atoms with Crippen LogP contribution in [0.1, 0.15) is 30.6 Å². The van der Waals surface area contributed by atoms with E-state index < -0.39 is 0 Å². The van der Waals surface area contributed by atoms with E-state index in [0.717, 1.165) is 49.5 Å². The highest BCUT2D eigenvalue weighted by Gasteiger charge is 2.18. The molecular weight excluding hydrogens is 320 g/mol. The van der Waals surface area contributed by atoms with Gasteiger partial charge in [-0.1, -0.05) is 12.2 Å². The van der Waals surface area contributed by atoms with Crippen LogP contribution < -0.4 is 10.6 Å². The normalized spacial score (nSPS) is 16.0. The molecule has 0 saturated carbocycles. The van der Waals surface area contributed by atoms with Crippen LogP contribution in [0.4, 0.5) is 5.69 Å². The summed E-state index contributed by atoms with van der Waals surface area (Å²) in [5.74, 6) is 0.0751. The number of hydrogen-bond donors (Lipinski definition) is 1. The van der Waals surface area contributed by atoms with E-state index in [-0.39, 0.29) is 10.8 Å². The minimum Gasteiger partial charge on any atom is -0.389 e. The van der Waals surface area contributed by atoms with Crippen molar-refractivity contribution in [2.24, 2.45) is 5.73 Å². The number of Topliss-reactive ketones (excluding diaryl/α,β-unsaturated/α-hetero) is 1. The largest absolute Gasteiger partial charge is 0.389 e. The molecule has 6 heteroatoms. The zero-order valence-electron chi connectivity index (χ0n) is 14.1.